The van der Waals surface area contributed by atoms with Crippen molar-refractivity contribution in [3.63, 3.8) is 0 Å². The van der Waals surface area contributed by atoms with Crippen LogP contribution in [0, 0.1) is 0 Å². The third kappa shape index (κ3) is 2.61. The molecule has 104 valence electrons. The lowest BCUT2D eigenvalue weighted by atomic mass is 9.93. The summed E-state index contributed by atoms with van der Waals surface area (Å²) < 4.78 is 5.53. The van der Waals surface area contributed by atoms with Gasteiger partial charge in [0.25, 0.3) is 0 Å². The summed E-state index contributed by atoms with van der Waals surface area (Å²) >= 11 is 0. The largest absolute Gasteiger partial charge is 0.508 e. The number of phenols is 1. The minimum absolute atomic E-state index is 0.259. The van der Waals surface area contributed by atoms with Gasteiger partial charge in [-0.3, -0.25) is 0 Å². The molecule has 0 atom stereocenters. The molecular weight excluding hydrogens is 260 g/mol. The summed E-state index contributed by atoms with van der Waals surface area (Å²) in [5.74, 6) is 1.08. The van der Waals surface area contributed by atoms with Gasteiger partial charge in [-0.05, 0) is 34.9 Å². The van der Waals surface area contributed by atoms with Crippen LogP contribution in [0.4, 0.5) is 0 Å². The van der Waals surface area contributed by atoms with Crippen molar-refractivity contribution in [3.8, 4) is 33.8 Å². The molecule has 0 aliphatic heterocycles. The molecule has 0 unspecified atom stereocenters. The van der Waals surface area contributed by atoms with E-state index in [1.165, 1.54) is 0 Å². The maximum atomic E-state index is 9.73. The number of hydrogen-bond acceptors (Lipinski definition) is 2. The number of methoxy groups -OCH3 is 1. The monoisotopic (exact) mass is 276 g/mol. The Bertz CT molecular complexity index is 749. The Labute approximate surface area is 124 Å². The van der Waals surface area contributed by atoms with E-state index in [0.717, 1.165) is 28.0 Å². The zero-order valence-electron chi connectivity index (χ0n) is 11.8. The average Bonchev–Trinajstić information content (AvgIpc) is 2.55. The number of benzene rings is 3. The van der Waals surface area contributed by atoms with Crippen LogP contribution in [0.25, 0.3) is 22.3 Å². The fourth-order valence-corrected chi connectivity index (χ4v) is 2.52. The van der Waals surface area contributed by atoms with Crippen molar-refractivity contribution in [2.75, 3.05) is 7.11 Å². The summed E-state index contributed by atoms with van der Waals surface area (Å²) in [7, 11) is 1.67. The second kappa shape index (κ2) is 5.71. The fourth-order valence-electron chi connectivity index (χ4n) is 2.52. The highest BCUT2D eigenvalue weighted by Gasteiger charge is 2.12. The summed E-state index contributed by atoms with van der Waals surface area (Å²) in [6.45, 7) is 0. The van der Waals surface area contributed by atoms with Crippen LogP contribution in [0.3, 0.4) is 0 Å². The molecule has 0 saturated carbocycles. The first-order valence-electron chi connectivity index (χ1n) is 6.81. The number of ether oxygens (including phenoxy) is 1. The average molecular weight is 276 g/mol. The lowest BCUT2D eigenvalue weighted by molar-refractivity contribution is 0.416. The predicted octanol–water partition coefficient (Wildman–Crippen LogP) is 4.73. The topological polar surface area (TPSA) is 29.5 Å². The van der Waals surface area contributed by atoms with E-state index in [4.69, 9.17) is 4.74 Å². The maximum Gasteiger partial charge on any atom is 0.127 e. The molecule has 0 bridgehead atoms. The quantitative estimate of drug-likeness (QED) is 0.749. The Morgan fingerprint density at radius 2 is 1.48 bits per heavy atom. The van der Waals surface area contributed by atoms with Crippen LogP contribution in [0.2, 0.25) is 0 Å². The zero-order valence-corrected chi connectivity index (χ0v) is 11.8. The zero-order chi connectivity index (χ0) is 14.7. The first-order chi connectivity index (χ1) is 10.3. The van der Waals surface area contributed by atoms with Crippen LogP contribution in [0.1, 0.15) is 0 Å². The minimum atomic E-state index is 0.259. The molecule has 0 heterocycles. The molecule has 0 fully saturated rings. The van der Waals surface area contributed by atoms with Crippen LogP contribution in [-0.2, 0) is 0 Å². The van der Waals surface area contributed by atoms with Crippen LogP contribution < -0.4 is 4.74 Å². The number of hydrogen-bond donors (Lipinski definition) is 1. The molecule has 0 aliphatic carbocycles. The molecule has 0 radical (unpaired) electrons. The van der Waals surface area contributed by atoms with Crippen molar-refractivity contribution < 1.29 is 9.84 Å². The Balaban J connectivity index is 2.26. The van der Waals surface area contributed by atoms with Crippen molar-refractivity contribution in [2.24, 2.45) is 0 Å². The van der Waals surface area contributed by atoms with E-state index < -0.39 is 0 Å². The molecule has 0 aliphatic rings. The van der Waals surface area contributed by atoms with E-state index in [9.17, 15) is 5.11 Å². The molecule has 2 heteroatoms. The molecule has 21 heavy (non-hydrogen) atoms. The predicted molar refractivity (Wildman–Crippen MR) is 85.5 cm³/mol. The number of aromatic hydroxyl groups is 1. The maximum absolute atomic E-state index is 9.73. The van der Waals surface area contributed by atoms with E-state index in [-0.39, 0.29) is 5.75 Å². The SMILES string of the molecule is COc1cccc(-c2cccc(O)c2)c1-c1ccccc1. The van der Waals surface area contributed by atoms with Crippen LogP contribution in [-0.4, -0.2) is 12.2 Å². The second-order valence-electron chi connectivity index (χ2n) is 4.80. The summed E-state index contributed by atoms with van der Waals surface area (Å²) in [5.41, 5.74) is 4.13. The van der Waals surface area contributed by atoms with E-state index in [1.54, 1.807) is 19.2 Å². The Kier molecular flexibility index (Phi) is 3.61. The lowest BCUT2D eigenvalue weighted by Gasteiger charge is -2.14. The van der Waals surface area contributed by atoms with Gasteiger partial charge in [-0.15, -0.1) is 0 Å². The Morgan fingerprint density at radius 1 is 0.762 bits per heavy atom. The molecule has 3 rings (SSSR count). The van der Waals surface area contributed by atoms with Gasteiger partial charge in [0.2, 0.25) is 0 Å². The van der Waals surface area contributed by atoms with Gasteiger partial charge in [-0.25, -0.2) is 0 Å². The number of phenolic OH excluding ortho intramolecular Hbond substituents is 1. The van der Waals surface area contributed by atoms with Crippen LogP contribution in [0.5, 0.6) is 11.5 Å². The highest BCUT2D eigenvalue weighted by atomic mass is 16.5. The highest BCUT2D eigenvalue weighted by molar-refractivity contribution is 5.87. The van der Waals surface area contributed by atoms with Crippen molar-refractivity contribution in [3.05, 3.63) is 72.8 Å². The van der Waals surface area contributed by atoms with E-state index in [0.29, 0.717) is 0 Å². The molecule has 0 aromatic heterocycles. The molecule has 0 saturated heterocycles. The van der Waals surface area contributed by atoms with Gasteiger partial charge in [-0.1, -0.05) is 54.6 Å². The van der Waals surface area contributed by atoms with Gasteiger partial charge >= 0.3 is 0 Å². The lowest BCUT2D eigenvalue weighted by Crippen LogP contribution is -1.91. The summed E-state index contributed by atoms with van der Waals surface area (Å²) in [5, 5.41) is 9.73. The molecule has 1 N–H and O–H groups in total. The highest BCUT2D eigenvalue weighted by Crippen LogP contribution is 2.39. The molecule has 3 aromatic rings. The molecule has 2 nitrogen and oxygen atoms in total. The number of rotatable bonds is 3. The summed E-state index contributed by atoms with van der Waals surface area (Å²) in [6, 6.07) is 23.4. The first-order valence-corrected chi connectivity index (χ1v) is 6.81. The molecule has 3 aromatic carbocycles. The third-order valence-corrected chi connectivity index (χ3v) is 3.47. The van der Waals surface area contributed by atoms with Gasteiger partial charge in [-0.2, -0.15) is 0 Å². The molecule has 0 spiro atoms. The first kappa shape index (κ1) is 13.3. The van der Waals surface area contributed by atoms with E-state index in [1.807, 2.05) is 48.5 Å². The molecular formula is C19H16O2. The van der Waals surface area contributed by atoms with Crippen molar-refractivity contribution >= 4 is 0 Å². The standard InChI is InChI=1S/C19H16O2/c1-21-18-12-6-11-17(15-9-5-10-16(20)13-15)19(18)14-7-3-2-4-8-14/h2-13,20H,1H3. The third-order valence-electron chi connectivity index (χ3n) is 3.47. The Morgan fingerprint density at radius 3 is 2.19 bits per heavy atom. The van der Waals surface area contributed by atoms with Gasteiger partial charge in [0.1, 0.15) is 11.5 Å². The van der Waals surface area contributed by atoms with Gasteiger partial charge < -0.3 is 9.84 Å². The second-order valence-corrected chi connectivity index (χ2v) is 4.80. The normalized spacial score (nSPS) is 10.3. The van der Waals surface area contributed by atoms with Crippen LogP contribution >= 0.6 is 0 Å². The van der Waals surface area contributed by atoms with E-state index in [2.05, 4.69) is 12.1 Å². The van der Waals surface area contributed by atoms with Crippen molar-refractivity contribution in [2.45, 2.75) is 0 Å². The summed E-state index contributed by atoms with van der Waals surface area (Å²) in [6.07, 6.45) is 0. The van der Waals surface area contributed by atoms with Gasteiger partial charge in [0, 0.05) is 5.56 Å². The fraction of sp³-hybridized carbons (Fsp3) is 0.0526. The van der Waals surface area contributed by atoms with Crippen molar-refractivity contribution in [1.29, 1.82) is 0 Å². The van der Waals surface area contributed by atoms with Crippen LogP contribution in [0.15, 0.2) is 72.8 Å². The van der Waals surface area contributed by atoms with Gasteiger partial charge in [0.15, 0.2) is 0 Å². The Hall–Kier alpha value is -2.74. The summed E-state index contributed by atoms with van der Waals surface area (Å²) in [4.78, 5) is 0. The minimum Gasteiger partial charge on any atom is -0.508 e. The van der Waals surface area contributed by atoms with Crippen molar-refractivity contribution in [1.82, 2.24) is 0 Å². The smallest absolute Gasteiger partial charge is 0.127 e. The molecule has 0 amide bonds. The van der Waals surface area contributed by atoms with Gasteiger partial charge in [0.05, 0.1) is 7.11 Å². The van der Waals surface area contributed by atoms with E-state index >= 15 is 0 Å².